The molecule has 4 heteroatoms. The first-order valence-corrected chi connectivity index (χ1v) is 6.21. The smallest absolute Gasteiger partial charge is 0.172 e. The molecule has 0 unspecified atom stereocenters. The Labute approximate surface area is 99.6 Å². The Hall–Kier alpha value is 0.0300. The lowest BCUT2D eigenvalue weighted by atomic mass is 10.2. The molecule has 1 rings (SSSR count). The second-order valence-corrected chi connectivity index (χ2v) is 4.11. The predicted molar refractivity (Wildman–Crippen MR) is 64.7 cm³/mol. The van der Waals surface area contributed by atoms with Crippen LogP contribution in [0.1, 0.15) is 12.5 Å². The van der Waals surface area contributed by atoms with Gasteiger partial charge in [-0.3, -0.25) is 0 Å². The van der Waals surface area contributed by atoms with E-state index in [1.165, 1.54) is 0 Å². The van der Waals surface area contributed by atoms with E-state index < -0.39 is 0 Å². The minimum Gasteiger partial charge on any atom is -0.503 e. The van der Waals surface area contributed by atoms with Crippen molar-refractivity contribution in [3.63, 3.8) is 0 Å². The van der Waals surface area contributed by atoms with Gasteiger partial charge in [-0.05, 0) is 40.5 Å². The minimum atomic E-state index is 0.176. The van der Waals surface area contributed by atoms with Gasteiger partial charge in [-0.15, -0.1) is 0 Å². The molecule has 1 aromatic rings. The van der Waals surface area contributed by atoms with E-state index >= 15 is 0 Å². The monoisotopic (exact) mass is 356 g/mol. The van der Waals surface area contributed by atoms with Gasteiger partial charge in [0.15, 0.2) is 11.5 Å². The van der Waals surface area contributed by atoms with E-state index in [-0.39, 0.29) is 5.75 Å². The molecular formula is C9H10BrIO2. The summed E-state index contributed by atoms with van der Waals surface area (Å²) in [7, 11) is 0. The first-order chi connectivity index (χ1) is 6.19. The van der Waals surface area contributed by atoms with Crippen LogP contribution in [-0.4, -0.2) is 11.7 Å². The van der Waals surface area contributed by atoms with E-state index in [2.05, 4.69) is 38.5 Å². The van der Waals surface area contributed by atoms with E-state index in [9.17, 15) is 5.11 Å². The van der Waals surface area contributed by atoms with Crippen molar-refractivity contribution in [1.29, 1.82) is 0 Å². The molecule has 0 radical (unpaired) electrons. The van der Waals surface area contributed by atoms with Gasteiger partial charge in [-0.25, -0.2) is 0 Å². The van der Waals surface area contributed by atoms with Crippen LogP contribution in [0.15, 0.2) is 16.6 Å². The zero-order valence-electron chi connectivity index (χ0n) is 7.18. The molecule has 0 aromatic heterocycles. The molecule has 1 N–H and O–H groups in total. The molecule has 0 aliphatic carbocycles. The highest BCUT2D eigenvalue weighted by Gasteiger charge is 2.07. The van der Waals surface area contributed by atoms with Crippen molar-refractivity contribution < 1.29 is 9.84 Å². The lowest BCUT2D eigenvalue weighted by Crippen LogP contribution is -1.93. The summed E-state index contributed by atoms with van der Waals surface area (Å²) in [5.74, 6) is 0.721. The molecule has 0 saturated carbocycles. The Bertz CT molecular complexity index is 302. The number of hydrogen-bond donors (Lipinski definition) is 1. The number of hydrogen-bond acceptors (Lipinski definition) is 2. The standard InChI is InChI=1S/C9H10BrIO2/c1-2-13-8-4-6(5-11)3-7(10)9(8)12/h3-4,12H,2,5H2,1H3. The average Bonchev–Trinajstić information content (AvgIpc) is 2.13. The summed E-state index contributed by atoms with van der Waals surface area (Å²) in [5.41, 5.74) is 1.13. The van der Waals surface area contributed by atoms with E-state index in [0.29, 0.717) is 16.8 Å². The molecule has 13 heavy (non-hydrogen) atoms. The fourth-order valence-corrected chi connectivity index (χ4v) is 1.90. The van der Waals surface area contributed by atoms with E-state index in [1.54, 1.807) is 0 Å². The van der Waals surface area contributed by atoms with Crippen molar-refractivity contribution in [1.82, 2.24) is 0 Å². The van der Waals surface area contributed by atoms with Crippen molar-refractivity contribution in [2.24, 2.45) is 0 Å². The zero-order chi connectivity index (χ0) is 9.84. The van der Waals surface area contributed by atoms with Gasteiger partial charge >= 0.3 is 0 Å². The van der Waals surface area contributed by atoms with Crippen LogP contribution in [0.25, 0.3) is 0 Å². The molecule has 0 fully saturated rings. The van der Waals surface area contributed by atoms with E-state index in [4.69, 9.17) is 4.74 Å². The second-order valence-electron chi connectivity index (χ2n) is 2.49. The SMILES string of the molecule is CCOc1cc(CI)cc(Br)c1O. The van der Waals surface area contributed by atoms with Gasteiger partial charge in [0, 0.05) is 4.43 Å². The Morgan fingerprint density at radius 2 is 2.23 bits per heavy atom. The third-order valence-electron chi connectivity index (χ3n) is 1.54. The molecule has 0 atom stereocenters. The molecule has 1 aromatic carbocycles. The molecule has 0 bridgehead atoms. The van der Waals surface area contributed by atoms with Gasteiger partial charge in [0.25, 0.3) is 0 Å². The summed E-state index contributed by atoms with van der Waals surface area (Å²) in [6.45, 7) is 2.45. The number of alkyl halides is 1. The Morgan fingerprint density at radius 3 is 2.77 bits per heavy atom. The van der Waals surface area contributed by atoms with Gasteiger partial charge in [0.05, 0.1) is 11.1 Å². The Balaban J connectivity index is 3.09. The van der Waals surface area contributed by atoms with E-state index in [1.807, 2.05) is 19.1 Å². The number of phenolic OH excluding ortho intramolecular Hbond substituents is 1. The van der Waals surface area contributed by atoms with Gasteiger partial charge in [0.1, 0.15) is 0 Å². The third-order valence-corrected chi connectivity index (χ3v) is 3.03. The quantitative estimate of drug-likeness (QED) is 0.663. The highest BCUT2D eigenvalue weighted by Crippen LogP contribution is 2.35. The number of ether oxygens (including phenoxy) is 1. The fourth-order valence-electron chi connectivity index (χ4n) is 0.970. The number of benzene rings is 1. The van der Waals surface area contributed by atoms with Crippen LogP contribution in [0.2, 0.25) is 0 Å². The minimum absolute atomic E-state index is 0.176. The average molecular weight is 357 g/mol. The molecule has 0 aliphatic heterocycles. The summed E-state index contributed by atoms with van der Waals surface area (Å²) < 4.78 is 6.86. The first kappa shape index (κ1) is 11.1. The Morgan fingerprint density at radius 1 is 1.54 bits per heavy atom. The molecule has 0 heterocycles. The zero-order valence-corrected chi connectivity index (χ0v) is 10.9. The number of rotatable bonds is 3. The third kappa shape index (κ3) is 2.74. The predicted octanol–water partition coefficient (Wildman–Crippen LogP) is 3.49. The van der Waals surface area contributed by atoms with Crippen LogP contribution in [-0.2, 0) is 4.43 Å². The van der Waals surface area contributed by atoms with Crippen molar-refractivity contribution in [3.05, 3.63) is 22.2 Å². The molecule has 0 spiro atoms. The fraction of sp³-hybridized carbons (Fsp3) is 0.333. The number of aromatic hydroxyl groups is 1. The maximum Gasteiger partial charge on any atom is 0.172 e. The van der Waals surface area contributed by atoms with Crippen molar-refractivity contribution in [2.75, 3.05) is 6.61 Å². The molecule has 0 aliphatic rings. The maximum atomic E-state index is 9.57. The molecule has 0 saturated heterocycles. The molecular weight excluding hydrogens is 347 g/mol. The van der Waals surface area contributed by atoms with Gasteiger partial charge < -0.3 is 9.84 Å². The lowest BCUT2D eigenvalue weighted by molar-refractivity contribution is 0.317. The van der Waals surface area contributed by atoms with E-state index in [0.717, 1.165) is 9.99 Å². The van der Waals surface area contributed by atoms with Gasteiger partial charge in [-0.2, -0.15) is 0 Å². The number of phenols is 1. The molecule has 72 valence electrons. The van der Waals surface area contributed by atoms with Crippen molar-refractivity contribution in [2.45, 2.75) is 11.4 Å². The number of halogens is 2. The maximum absolute atomic E-state index is 9.57. The van der Waals surface area contributed by atoms with Crippen LogP contribution in [0, 0.1) is 0 Å². The summed E-state index contributed by atoms with van der Waals surface area (Å²) >= 11 is 5.54. The van der Waals surface area contributed by atoms with Crippen LogP contribution < -0.4 is 4.74 Å². The summed E-state index contributed by atoms with van der Waals surface area (Å²) in [4.78, 5) is 0. The first-order valence-electron chi connectivity index (χ1n) is 3.89. The lowest BCUT2D eigenvalue weighted by Gasteiger charge is -2.08. The summed E-state index contributed by atoms with van der Waals surface area (Å²) in [6.07, 6.45) is 0. The Kier molecular flexibility index (Phi) is 4.31. The van der Waals surface area contributed by atoms with Gasteiger partial charge in [0.2, 0.25) is 0 Å². The topological polar surface area (TPSA) is 29.5 Å². The van der Waals surface area contributed by atoms with Crippen molar-refractivity contribution in [3.8, 4) is 11.5 Å². The largest absolute Gasteiger partial charge is 0.503 e. The summed E-state index contributed by atoms with van der Waals surface area (Å²) in [6, 6.07) is 3.75. The molecule has 0 amide bonds. The van der Waals surface area contributed by atoms with Gasteiger partial charge in [-0.1, -0.05) is 22.6 Å². The highest BCUT2D eigenvalue weighted by atomic mass is 127. The molecule has 2 nitrogen and oxygen atoms in total. The van der Waals surface area contributed by atoms with Crippen LogP contribution >= 0.6 is 38.5 Å². The van der Waals surface area contributed by atoms with Crippen LogP contribution in [0.4, 0.5) is 0 Å². The van der Waals surface area contributed by atoms with Crippen molar-refractivity contribution >= 4 is 38.5 Å². The van der Waals surface area contributed by atoms with Crippen LogP contribution in [0.5, 0.6) is 11.5 Å². The highest BCUT2D eigenvalue weighted by molar-refractivity contribution is 14.1. The summed E-state index contributed by atoms with van der Waals surface area (Å²) in [5, 5.41) is 9.57. The van der Waals surface area contributed by atoms with Crippen LogP contribution in [0.3, 0.4) is 0 Å². The second kappa shape index (κ2) is 5.05. The normalized spacial score (nSPS) is 10.1.